The highest BCUT2D eigenvalue weighted by molar-refractivity contribution is 9.10. The molecule has 6 nitrogen and oxygen atoms in total. The summed E-state index contributed by atoms with van der Waals surface area (Å²) in [6.45, 7) is 3.72. The average Bonchev–Trinajstić information content (AvgIpc) is 2.84. The molecule has 7 heteroatoms. The lowest BCUT2D eigenvalue weighted by Crippen LogP contribution is -2.17. The first-order valence-corrected chi connectivity index (χ1v) is 7.11. The fraction of sp³-hybridized carbons (Fsp3) is 0.214. The van der Waals surface area contributed by atoms with E-state index < -0.39 is 4.92 Å². The molecule has 2 rings (SSSR count). The number of hydrogen-bond donors (Lipinski definition) is 1. The van der Waals surface area contributed by atoms with Gasteiger partial charge in [0.15, 0.2) is 0 Å². The van der Waals surface area contributed by atoms with Gasteiger partial charge in [0.2, 0.25) is 0 Å². The summed E-state index contributed by atoms with van der Waals surface area (Å²) in [6, 6.07) is 8.38. The van der Waals surface area contributed by atoms with Crippen molar-refractivity contribution in [1.29, 1.82) is 0 Å². The Hall–Kier alpha value is -2.15. The predicted molar refractivity (Wildman–Crippen MR) is 83.6 cm³/mol. The Morgan fingerprint density at radius 1 is 1.38 bits per heavy atom. The Balaban J connectivity index is 2.32. The van der Waals surface area contributed by atoms with Crippen LogP contribution < -0.4 is 5.32 Å². The van der Waals surface area contributed by atoms with Crippen LogP contribution in [-0.4, -0.2) is 15.4 Å². The first kappa shape index (κ1) is 15.2. The molecule has 1 heterocycles. The molecule has 1 amide bonds. The molecular formula is C14H14BrN3O3. The van der Waals surface area contributed by atoms with Gasteiger partial charge in [-0.3, -0.25) is 14.9 Å². The topological polar surface area (TPSA) is 77.2 Å². The summed E-state index contributed by atoms with van der Waals surface area (Å²) >= 11 is 3.32. The van der Waals surface area contributed by atoms with Crippen molar-refractivity contribution in [1.82, 2.24) is 4.57 Å². The molecule has 0 radical (unpaired) electrons. The van der Waals surface area contributed by atoms with Gasteiger partial charge in [0, 0.05) is 22.3 Å². The van der Waals surface area contributed by atoms with Gasteiger partial charge in [-0.1, -0.05) is 22.0 Å². The summed E-state index contributed by atoms with van der Waals surface area (Å²) in [4.78, 5) is 22.7. The van der Waals surface area contributed by atoms with Gasteiger partial charge in [0.25, 0.3) is 11.6 Å². The molecule has 21 heavy (non-hydrogen) atoms. The van der Waals surface area contributed by atoms with Crippen molar-refractivity contribution < 1.29 is 9.72 Å². The Labute approximate surface area is 130 Å². The molecule has 0 saturated carbocycles. The Morgan fingerprint density at radius 2 is 2.10 bits per heavy atom. The third-order valence-corrected chi connectivity index (χ3v) is 3.41. The number of benzene rings is 1. The number of hydrogen-bond acceptors (Lipinski definition) is 3. The molecule has 0 spiro atoms. The van der Waals surface area contributed by atoms with Gasteiger partial charge < -0.3 is 9.88 Å². The van der Waals surface area contributed by atoms with Gasteiger partial charge >= 0.3 is 0 Å². The molecule has 0 saturated heterocycles. The van der Waals surface area contributed by atoms with E-state index in [0.717, 1.165) is 4.47 Å². The van der Waals surface area contributed by atoms with Crippen LogP contribution in [0.2, 0.25) is 0 Å². The van der Waals surface area contributed by atoms with E-state index in [-0.39, 0.29) is 23.3 Å². The average molecular weight is 352 g/mol. The van der Waals surface area contributed by atoms with Crippen LogP contribution in [0.1, 0.15) is 30.4 Å². The number of anilines is 1. The molecule has 1 aromatic heterocycles. The van der Waals surface area contributed by atoms with Gasteiger partial charge in [0.05, 0.1) is 11.1 Å². The monoisotopic (exact) mass is 351 g/mol. The van der Waals surface area contributed by atoms with Crippen LogP contribution in [0.4, 0.5) is 11.4 Å². The third kappa shape index (κ3) is 3.49. The minimum atomic E-state index is -0.505. The van der Waals surface area contributed by atoms with Crippen LogP contribution in [0.3, 0.4) is 0 Å². The maximum Gasteiger partial charge on any atom is 0.287 e. The number of nitrogens with one attached hydrogen (secondary N) is 1. The van der Waals surface area contributed by atoms with Crippen molar-refractivity contribution in [2.24, 2.45) is 0 Å². The van der Waals surface area contributed by atoms with Crippen LogP contribution in [-0.2, 0) is 0 Å². The Morgan fingerprint density at radius 3 is 2.67 bits per heavy atom. The first-order chi connectivity index (χ1) is 9.88. The van der Waals surface area contributed by atoms with Crippen LogP contribution in [0.15, 0.2) is 41.0 Å². The minimum absolute atomic E-state index is 0.0537. The second-order valence-corrected chi connectivity index (χ2v) is 5.72. The Bertz CT molecular complexity index is 695. The van der Waals surface area contributed by atoms with E-state index in [1.165, 1.54) is 12.3 Å². The summed E-state index contributed by atoms with van der Waals surface area (Å²) in [7, 11) is 0. The standard InChI is InChI=1S/C14H14BrN3O3/c1-9(2)17-8-12(18(20)21)7-13(17)14(19)16-11-5-3-4-10(15)6-11/h3-9H,1-2H3,(H,16,19). The second-order valence-electron chi connectivity index (χ2n) is 4.81. The maximum absolute atomic E-state index is 12.3. The first-order valence-electron chi connectivity index (χ1n) is 6.31. The molecule has 0 unspecified atom stereocenters. The minimum Gasteiger partial charge on any atom is -0.335 e. The lowest BCUT2D eigenvalue weighted by Gasteiger charge is -2.12. The zero-order valence-corrected chi connectivity index (χ0v) is 13.1. The van der Waals surface area contributed by atoms with E-state index in [1.54, 1.807) is 22.8 Å². The van der Waals surface area contributed by atoms with Crippen LogP contribution >= 0.6 is 15.9 Å². The van der Waals surface area contributed by atoms with Crippen molar-refractivity contribution in [2.75, 3.05) is 5.32 Å². The number of nitrogens with zero attached hydrogens (tertiary/aromatic N) is 2. The van der Waals surface area contributed by atoms with Gasteiger partial charge in [0.1, 0.15) is 5.69 Å². The molecule has 2 aromatic rings. The molecule has 110 valence electrons. The summed E-state index contributed by atoms with van der Waals surface area (Å²) < 4.78 is 2.43. The summed E-state index contributed by atoms with van der Waals surface area (Å²) in [5, 5.41) is 13.6. The van der Waals surface area contributed by atoms with Gasteiger partial charge in [-0.2, -0.15) is 0 Å². The lowest BCUT2D eigenvalue weighted by molar-refractivity contribution is -0.384. The van der Waals surface area contributed by atoms with E-state index in [9.17, 15) is 14.9 Å². The van der Waals surface area contributed by atoms with Crippen molar-refractivity contribution in [2.45, 2.75) is 19.9 Å². The van der Waals surface area contributed by atoms with Gasteiger partial charge in [-0.15, -0.1) is 0 Å². The summed E-state index contributed by atoms with van der Waals surface area (Å²) in [5.74, 6) is -0.380. The number of nitro groups is 1. The quantitative estimate of drug-likeness (QED) is 0.668. The molecule has 0 aliphatic carbocycles. The van der Waals surface area contributed by atoms with Crippen molar-refractivity contribution in [3.05, 3.63) is 56.8 Å². The van der Waals surface area contributed by atoms with E-state index in [2.05, 4.69) is 21.2 Å². The summed E-state index contributed by atoms with van der Waals surface area (Å²) in [5.41, 5.74) is 0.785. The number of halogens is 1. The fourth-order valence-corrected chi connectivity index (χ4v) is 2.33. The van der Waals surface area contributed by atoms with E-state index in [4.69, 9.17) is 0 Å². The molecule has 0 bridgehead atoms. The zero-order chi connectivity index (χ0) is 15.6. The molecule has 0 aliphatic rings. The second kappa shape index (κ2) is 6.09. The highest BCUT2D eigenvalue weighted by atomic mass is 79.9. The largest absolute Gasteiger partial charge is 0.335 e. The fourth-order valence-electron chi connectivity index (χ4n) is 1.94. The van der Waals surface area contributed by atoms with E-state index in [1.807, 2.05) is 19.9 Å². The van der Waals surface area contributed by atoms with Gasteiger partial charge in [-0.05, 0) is 32.0 Å². The Kier molecular flexibility index (Phi) is 4.42. The van der Waals surface area contributed by atoms with Crippen molar-refractivity contribution >= 4 is 33.2 Å². The molecule has 0 atom stereocenters. The molecule has 0 aliphatic heterocycles. The van der Waals surface area contributed by atoms with Crippen LogP contribution in [0.25, 0.3) is 0 Å². The number of carbonyl (C=O) groups excluding carboxylic acids is 1. The smallest absolute Gasteiger partial charge is 0.287 e. The SMILES string of the molecule is CC(C)n1cc([N+](=O)[O-])cc1C(=O)Nc1cccc(Br)c1. The molecule has 1 aromatic carbocycles. The normalized spacial score (nSPS) is 10.7. The van der Waals surface area contributed by atoms with Crippen LogP contribution in [0, 0.1) is 10.1 Å². The maximum atomic E-state index is 12.3. The lowest BCUT2D eigenvalue weighted by atomic mass is 10.3. The number of carbonyl (C=O) groups is 1. The number of aromatic nitrogens is 1. The molecule has 0 fully saturated rings. The van der Waals surface area contributed by atoms with E-state index in [0.29, 0.717) is 5.69 Å². The zero-order valence-electron chi connectivity index (χ0n) is 11.5. The highest BCUT2D eigenvalue weighted by Crippen LogP contribution is 2.22. The predicted octanol–water partition coefficient (Wildman–Crippen LogP) is 3.99. The number of amides is 1. The van der Waals surface area contributed by atoms with Gasteiger partial charge in [-0.25, -0.2) is 0 Å². The van der Waals surface area contributed by atoms with Crippen molar-refractivity contribution in [3.8, 4) is 0 Å². The number of rotatable bonds is 4. The van der Waals surface area contributed by atoms with E-state index >= 15 is 0 Å². The molecule has 1 N–H and O–H groups in total. The summed E-state index contributed by atoms with van der Waals surface area (Å²) in [6.07, 6.45) is 1.38. The third-order valence-electron chi connectivity index (χ3n) is 2.92. The highest BCUT2D eigenvalue weighted by Gasteiger charge is 2.20. The van der Waals surface area contributed by atoms with Crippen LogP contribution in [0.5, 0.6) is 0 Å². The van der Waals surface area contributed by atoms with Crippen molar-refractivity contribution in [3.63, 3.8) is 0 Å². The molecular weight excluding hydrogens is 338 g/mol.